The van der Waals surface area contributed by atoms with E-state index in [0.29, 0.717) is 18.7 Å². The highest BCUT2D eigenvalue weighted by atomic mass is 16.5. The molecule has 5 nitrogen and oxygen atoms in total. The molecule has 0 spiro atoms. The number of hydrogen-bond donors (Lipinski definition) is 2. The molecule has 0 aliphatic rings. The van der Waals surface area contributed by atoms with E-state index in [1.54, 1.807) is 12.1 Å². The molecule has 0 unspecified atom stereocenters. The van der Waals surface area contributed by atoms with Crippen molar-refractivity contribution < 1.29 is 14.3 Å². The predicted molar refractivity (Wildman–Crippen MR) is 110 cm³/mol. The van der Waals surface area contributed by atoms with Gasteiger partial charge in [0.1, 0.15) is 13.6 Å². The zero-order valence-electron chi connectivity index (χ0n) is 15.4. The Morgan fingerprint density at radius 3 is 2.70 bits per heavy atom. The van der Waals surface area contributed by atoms with Crippen molar-refractivity contribution in [2.75, 3.05) is 6.54 Å². The lowest BCUT2D eigenvalue weighted by atomic mass is 9.95. The standard InChI is InChI=1S/C21H21BN2O3/c1-14(25)23-11-10-16-13-24-20-8-7-18(12-19(16)20)27-21(26)9-4-15-2-5-17(22)6-3-15/h2-9,12-13,24H,10-11,22H2,1H3,(H,23,25)/b9-4+. The first kappa shape index (κ1) is 18.5. The van der Waals surface area contributed by atoms with E-state index in [9.17, 15) is 9.59 Å². The van der Waals surface area contributed by atoms with E-state index in [4.69, 9.17) is 4.74 Å². The van der Waals surface area contributed by atoms with Crippen LogP contribution in [0.25, 0.3) is 17.0 Å². The number of aromatic nitrogens is 1. The number of fused-ring (bicyclic) bond motifs is 1. The average Bonchev–Trinajstić information content (AvgIpc) is 3.03. The largest absolute Gasteiger partial charge is 0.423 e. The summed E-state index contributed by atoms with van der Waals surface area (Å²) in [6.07, 6.45) is 5.76. The maximum atomic E-state index is 12.1. The second-order valence-electron chi connectivity index (χ2n) is 6.42. The molecule has 136 valence electrons. The van der Waals surface area contributed by atoms with E-state index in [1.807, 2.05) is 50.4 Å². The second kappa shape index (κ2) is 8.40. The third-order valence-electron chi connectivity index (χ3n) is 4.21. The van der Waals surface area contributed by atoms with E-state index < -0.39 is 5.97 Å². The van der Waals surface area contributed by atoms with Crippen LogP contribution in [0.1, 0.15) is 18.1 Å². The van der Waals surface area contributed by atoms with Crippen LogP contribution in [0.3, 0.4) is 0 Å². The number of aromatic amines is 1. The first-order valence-corrected chi connectivity index (χ1v) is 8.82. The first-order chi connectivity index (χ1) is 13.0. The molecule has 0 saturated heterocycles. The van der Waals surface area contributed by atoms with Gasteiger partial charge in [-0.3, -0.25) is 4.79 Å². The fourth-order valence-corrected chi connectivity index (χ4v) is 2.79. The minimum Gasteiger partial charge on any atom is -0.423 e. The Morgan fingerprint density at radius 2 is 1.96 bits per heavy atom. The summed E-state index contributed by atoms with van der Waals surface area (Å²) < 4.78 is 5.43. The number of hydrogen-bond acceptors (Lipinski definition) is 3. The van der Waals surface area contributed by atoms with Crippen molar-refractivity contribution in [2.24, 2.45) is 0 Å². The number of esters is 1. The molecule has 0 aliphatic carbocycles. The van der Waals surface area contributed by atoms with Crippen LogP contribution in [-0.4, -0.2) is 31.3 Å². The molecule has 27 heavy (non-hydrogen) atoms. The Bertz CT molecular complexity index is 990. The highest BCUT2D eigenvalue weighted by molar-refractivity contribution is 6.32. The van der Waals surface area contributed by atoms with Crippen LogP contribution in [0.5, 0.6) is 5.75 Å². The Balaban J connectivity index is 1.68. The summed E-state index contributed by atoms with van der Waals surface area (Å²) in [6, 6.07) is 13.4. The smallest absolute Gasteiger partial charge is 0.336 e. The van der Waals surface area contributed by atoms with Crippen LogP contribution < -0.4 is 15.5 Å². The van der Waals surface area contributed by atoms with Gasteiger partial charge in [-0.1, -0.05) is 29.7 Å². The molecule has 2 N–H and O–H groups in total. The highest BCUT2D eigenvalue weighted by Gasteiger charge is 2.07. The fourth-order valence-electron chi connectivity index (χ4n) is 2.79. The maximum Gasteiger partial charge on any atom is 0.336 e. The van der Waals surface area contributed by atoms with Gasteiger partial charge in [-0.25, -0.2) is 4.79 Å². The minimum atomic E-state index is -0.426. The lowest BCUT2D eigenvalue weighted by molar-refractivity contribution is -0.128. The summed E-state index contributed by atoms with van der Waals surface area (Å²) in [5, 5.41) is 3.76. The van der Waals surface area contributed by atoms with Crippen molar-refractivity contribution in [1.29, 1.82) is 0 Å². The molecular formula is C21H21BN2O3. The number of rotatable bonds is 6. The SMILES string of the molecule is Bc1ccc(/C=C/C(=O)Oc2ccc3[nH]cc(CCNC(C)=O)c3c2)cc1. The van der Waals surface area contributed by atoms with Crippen molar-refractivity contribution in [3.05, 3.63) is 65.9 Å². The predicted octanol–water partition coefficient (Wildman–Crippen LogP) is 1.72. The third kappa shape index (κ3) is 5.11. The normalized spacial score (nSPS) is 11.0. The van der Waals surface area contributed by atoms with E-state index in [2.05, 4.69) is 10.3 Å². The van der Waals surface area contributed by atoms with E-state index >= 15 is 0 Å². The Labute approximate surface area is 158 Å². The first-order valence-electron chi connectivity index (χ1n) is 8.82. The van der Waals surface area contributed by atoms with Gasteiger partial charge < -0.3 is 15.0 Å². The van der Waals surface area contributed by atoms with Crippen molar-refractivity contribution >= 4 is 42.2 Å². The Hall–Kier alpha value is -3.28. The zero-order chi connectivity index (χ0) is 19.2. The maximum absolute atomic E-state index is 12.1. The molecule has 3 aromatic rings. The molecule has 2 aromatic carbocycles. The Morgan fingerprint density at radius 1 is 1.19 bits per heavy atom. The molecule has 0 fully saturated rings. The van der Waals surface area contributed by atoms with Gasteiger partial charge in [-0.05, 0) is 41.8 Å². The van der Waals surface area contributed by atoms with Crippen molar-refractivity contribution in [3.63, 3.8) is 0 Å². The van der Waals surface area contributed by atoms with Crippen LogP contribution in [0.4, 0.5) is 0 Å². The van der Waals surface area contributed by atoms with E-state index in [-0.39, 0.29) is 5.91 Å². The van der Waals surface area contributed by atoms with Gasteiger partial charge in [0.05, 0.1) is 0 Å². The van der Waals surface area contributed by atoms with Gasteiger partial charge in [-0.15, -0.1) is 0 Å². The number of benzene rings is 2. The molecular weight excluding hydrogens is 339 g/mol. The number of nitrogens with one attached hydrogen (secondary N) is 2. The lowest BCUT2D eigenvalue weighted by Crippen LogP contribution is -2.22. The van der Waals surface area contributed by atoms with Gasteiger partial charge in [0, 0.05) is 36.6 Å². The van der Waals surface area contributed by atoms with E-state index in [1.165, 1.54) is 18.5 Å². The highest BCUT2D eigenvalue weighted by Crippen LogP contribution is 2.24. The molecule has 1 amide bonds. The van der Waals surface area contributed by atoms with Gasteiger partial charge in [0.25, 0.3) is 0 Å². The summed E-state index contributed by atoms with van der Waals surface area (Å²) in [5.41, 5.74) is 4.14. The van der Waals surface area contributed by atoms with Gasteiger partial charge in [0.15, 0.2) is 0 Å². The minimum absolute atomic E-state index is 0.0511. The topological polar surface area (TPSA) is 71.2 Å². The molecule has 0 aliphatic heterocycles. The fraction of sp³-hybridized carbons (Fsp3) is 0.143. The van der Waals surface area contributed by atoms with Crippen LogP contribution >= 0.6 is 0 Å². The molecule has 1 aromatic heterocycles. The Kier molecular flexibility index (Phi) is 5.76. The van der Waals surface area contributed by atoms with Crippen molar-refractivity contribution in [3.8, 4) is 5.75 Å². The summed E-state index contributed by atoms with van der Waals surface area (Å²) in [5.74, 6) is 0.0107. The molecule has 3 rings (SSSR count). The molecule has 0 saturated carbocycles. The molecule has 1 heterocycles. The molecule has 6 heteroatoms. The third-order valence-corrected chi connectivity index (χ3v) is 4.21. The van der Waals surface area contributed by atoms with Crippen molar-refractivity contribution in [2.45, 2.75) is 13.3 Å². The summed E-state index contributed by atoms with van der Waals surface area (Å²) >= 11 is 0. The molecule has 0 radical (unpaired) electrons. The van der Waals surface area contributed by atoms with Gasteiger partial charge in [0.2, 0.25) is 5.91 Å². The molecule has 0 atom stereocenters. The van der Waals surface area contributed by atoms with Crippen LogP contribution in [0.15, 0.2) is 54.7 Å². The number of carbonyl (C=O) groups excluding carboxylic acids is 2. The number of ether oxygens (including phenoxy) is 1. The number of amides is 1. The van der Waals surface area contributed by atoms with Crippen molar-refractivity contribution in [1.82, 2.24) is 10.3 Å². The number of carbonyl (C=O) groups is 2. The van der Waals surface area contributed by atoms with Crippen LogP contribution in [0, 0.1) is 0 Å². The quantitative estimate of drug-likeness (QED) is 0.304. The lowest BCUT2D eigenvalue weighted by Gasteiger charge is -2.04. The second-order valence-corrected chi connectivity index (χ2v) is 6.42. The molecule has 0 bridgehead atoms. The monoisotopic (exact) mass is 360 g/mol. The summed E-state index contributed by atoms with van der Waals surface area (Å²) in [6.45, 7) is 2.06. The van der Waals surface area contributed by atoms with Gasteiger partial charge >= 0.3 is 5.97 Å². The summed E-state index contributed by atoms with van der Waals surface area (Å²) in [7, 11) is 2.02. The van der Waals surface area contributed by atoms with Crippen LogP contribution in [-0.2, 0) is 16.0 Å². The van der Waals surface area contributed by atoms with Crippen LogP contribution in [0.2, 0.25) is 0 Å². The average molecular weight is 360 g/mol. The number of H-pyrrole nitrogens is 1. The summed E-state index contributed by atoms with van der Waals surface area (Å²) in [4.78, 5) is 26.3. The zero-order valence-corrected chi connectivity index (χ0v) is 15.4. The van der Waals surface area contributed by atoms with E-state index in [0.717, 1.165) is 22.0 Å². The van der Waals surface area contributed by atoms with Gasteiger partial charge in [-0.2, -0.15) is 0 Å².